The smallest absolute Gasteiger partial charge is 0.405 e. The quantitative estimate of drug-likeness (QED) is 0.658. The highest BCUT2D eigenvalue weighted by Crippen LogP contribution is 2.44. The van der Waals surface area contributed by atoms with Crippen LogP contribution in [0.2, 0.25) is 0 Å². The summed E-state index contributed by atoms with van der Waals surface area (Å²) < 4.78 is 49.9. The fraction of sp³-hybridized carbons (Fsp3) is 0.560. The predicted molar refractivity (Wildman–Crippen MR) is 131 cm³/mol. The first-order valence-electron chi connectivity index (χ1n) is 12.5. The lowest BCUT2D eigenvalue weighted by Crippen LogP contribution is -2.57. The molecule has 4 aliphatic rings. The summed E-state index contributed by atoms with van der Waals surface area (Å²) in [7, 11) is 0. The Labute approximate surface area is 213 Å². The molecule has 2 fully saturated rings. The van der Waals surface area contributed by atoms with E-state index in [0.717, 1.165) is 5.82 Å². The Kier molecular flexibility index (Phi) is 6.55. The van der Waals surface area contributed by atoms with E-state index in [1.807, 2.05) is 18.7 Å². The first-order valence-corrected chi connectivity index (χ1v) is 12.5. The molecular weight excluding hydrogens is 489 g/mol. The number of hydrogen-bond acceptors (Lipinski definition) is 8. The SMILES string of the molecule is CC(=O)N1CCN(C2=C3N=C(c4ccccc4OC(F)(F)F)N(C4CCOCC4)C3(C)N=C(C)N2)CC1. The van der Waals surface area contributed by atoms with Gasteiger partial charge in [0.15, 0.2) is 5.66 Å². The molecule has 4 aliphatic heterocycles. The van der Waals surface area contributed by atoms with Gasteiger partial charge < -0.3 is 29.5 Å². The van der Waals surface area contributed by atoms with Crippen molar-refractivity contribution in [1.29, 1.82) is 0 Å². The third kappa shape index (κ3) is 4.86. The Morgan fingerprint density at radius 3 is 2.49 bits per heavy atom. The molecule has 0 bridgehead atoms. The molecule has 12 heteroatoms. The minimum Gasteiger partial charge on any atom is -0.405 e. The van der Waals surface area contributed by atoms with Gasteiger partial charge in [-0.1, -0.05) is 12.1 Å². The van der Waals surface area contributed by atoms with Gasteiger partial charge in [-0.15, -0.1) is 13.2 Å². The summed E-state index contributed by atoms with van der Waals surface area (Å²) >= 11 is 0. The molecule has 2 saturated heterocycles. The minimum absolute atomic E-state index is 0.0321. The average molecular weight is 521 g/mol. The first-order chi connectivity index (χ1) is 17.6. The number of carbonyl (C=O) groups excluding carboxylic acids is 1. The van der Waals surface area contributed by atoms with Gasteiger partial charge in [0.25, 0.3) is 0 Å². The molecule has 37 heavy (non-hydrogen) atoms. The molecule has 1 atom stereocenters. The summed E-state index contributed by atoms with van der Waals surface area (Å²) in [5.74, 6) is 1.57. The monoisotopic (exact) mass is 520 g/mol. The number of amides is 1. The van der Waals surface area contributed by atoms with Crippen molar-refractivity contribution in [2.75, 3.05) is 39.4 Å². The van der Waals surface area contributed by atoms with E-state index in [2.05, 4.69) is 15.0 Å². The number of para-hydroxylation sites is 1. The molecule has 0 aliphatic carbocycles. The molecule has 1 unspecified atom stereocenters. The largest absolute Gasteiger partial charge is 0.573 e. The zero-order valence-corrected chi connectivity index (χ0v) is 21.1. The maximum atomic E-state index is 13.3. The highest BCUT2D eigenvalue weighted by atomic mass is 19.4. The van der Waals surface area contributed by atoms with Gasteiger partial charge in [0, 0.05) is 52.4 Å². The second kappa shape index (κ2) is 9.55. The van der Waals surface area contributed by atoms with Gasteiger partial charge >= 0.3 is 6.36 Å². The van der Waals surface area contributed by atoms with Gasteiger partial charge in [0.2, 0.25) is 5.91 Å². The topological polar surface area (TPSA) is 82.0 Å². The number of fused-ring (bicyclic) bond motifs is 1. The van der Waals surface area contributed by atoms with Gasteiger partial charge in [0.05, 0.1) is 5.56 Å². The second-order valence-corrected chi connectivity index (χ2v) is 9.73. The van der Waals surface area contributed by atoms with Crippen LogP contribution in [-0.4, -0.2) is 89.7 Å². The van der Waals surface area contributed by atoms with Crippen molar-refractivity contribution in [2.45, 2.75) is 51.7 Å². The summed E-state index contributed by atoms with van der Waals surface area (Å²) in [6.07, 6.45) is -3.45. The van der Waals surface area contributed by atoms with E-state index in [0.29, 0.717) is 69.6 Å². The van der Waals surface area contributed by atoms with Crippen LogP contribution in [0.1, 0.15) is 39.2 Å². The standard InChI is InChI=1S/C25H31F3N6O3/c1-16-29-23(33-12-10-32(11-13-33)17(2)35)21-24(3,31-16)34(18-8-14-36-15-9-18)22(30-21)19-6-4-5-7-20(19)37-25(26,27)28/h4-7,18H,8-15H2,1-3H3,(H,29,31). The summed E-state index contributed by atoms with van der Waals surface area (Å²) in [6.45, 7) is 8.83. The second-order valence-electron chi connectivity index (χ2n) is 9.73. The number of halogens is 3. The molecule has 1 amide bonds. The van der Waals surface area contributed by atoms with E-state index < -0.39 is 12.0 Å². The van der Waals surface area contributed by atoms with Crippen LogP contribution in [-0.2, 0) is 9.53 Å². The van der Waals surface area contributed by atoms with Crippen molar-refractivity contribution in [2.24, 2.45) is 9.98 Å². The number of alkyl halides is 3. The number of benzene rings is 1. The minimum atomic E-state index is -4.84. The van der Waals surface area contributed by atoms with Crippen molar-refractivity contribution in [3.05, 3.63) is 41.3 Å². The molecule has 1 aromatic carbocycles. The zero-order chi connectivity index (χ0) is 26.4. The fourth-order valence-corrected chi connectivity index (χ4v) is 5.56. The summed E-state index contributed by atoms with van der Waals surface area (Å²) in [4.78, 5) is 27.8. The van der Waals surface area contributed by atoms with Crippen molar-refractivity contribution in [3.63, 3.8) is 0 Å². The van der Waals surface area contributed by atoms with Crippen molar-refractivity contribution in [3.8, 4) is 5.75 Å². The Morgan fingerprint density at radius 1 is 1.16 bits per heavy atom. The van der Waals surface area contributed by atoms with Crippen LogP contribution in [0, 0.1) is 0 Å². The number of piperazine rings is 1. The lowest BCUT2D eigenvalue weighted by molar-refractivity contribution is -0.274. The maximum absolute atomic E-state index is 13.3. The molecule has 0 spiro atoms. The van der Waals surface area contributed by atoms with E-state index >= 15 is 0 Å². The Hall–Kier alpha value is -3.28. The number of aliphatic imine (C=N–C) groups is 2. The molecule has 1 N–H and O–H groups in total. The number of ether oxygens (including phenoxy) is 2. The molecule has 5 rings (SSSR count). The van der Waals surface area contributed by atoms with E-state index in [1.54, 1.807) is 24.0 Å². The van der Waals surface area contributed by atoms with E-state index in [1.165, 1.54) is 12.1 Å². The van der Waals surface area contributed by atoms with Crippen LogP contribution in [0.25, 0.3) is 0 Å². The third-order valence-corrected chi connectivity index (χ3v) is 7.22. The van der Waals surface area contributed by atoms with Crippen LogP contribution >= 0.6 is 0 Å². The highest BCUT2D eigenvalue weighted by Gasteiger charge is 2.51. The average Bonchev–Trinajstić information content (AvgIpc) is 3.15. The number of hydrogen-bond donors (Lipinski definition) is 1. The van der Waals surface area contributed by atoms with Gasteiger partial charge in [-0.25, -0.2) is 9.98 Å². The van der Waals surface area contributed by atoms with Crippen LogP contribution in [0.15, 0.2) is 45.8 Å². The van der Waals surface area contributed by atoms with E-state index in [4.69, 9.17) is 14.7 Å². The van der Waals surface area contributed by atoms with Crippen LogP contribution in [0.3, 0.4) is 0 Å². The Bertz CT molecular complexity index is 1150. The normalized spacial score (nSPS) is 25.0. The third-order valence-electron chi connectivity index (χ3n) is 7.22. The molecule has 9 nitrogen and oxygen atoms in total. The summed E-state index contributed by atoms with van der Waals surface area (Å²) in [6, 6.07) is 6.05. The van der Waals surface area contributed by atoms with Gasteiger partial charge in [-0.3, -0.25) is 4.79 Å². The summed E-state index contributed by atoms with van der Waals surface area (Å²) in [5.41, 5.74) is -0.0499. The molecule has 200 valence electrons. The van der Waals surface area contributed by atoms with Crippen molar-refractivity contribution in [1.82, 2.24) is 20.0 Å². The van der Waals surface area contributed by atoms with Gasteiger partial charge in [-0.05, 0) is 38.8 Å². The highest BCUT2D eigenvalue weighted by molar-refractivity contribution is 6.05. The van der Waals surface area contributed by atoms with Crippen LogP contribution < -0.4 is 10.1 Å². The molecular formula is C25H31F3N6O3. The Morgan fingerprint density at radius 2 is 1.84 bits per heavy atom. The molecule has 0 radical (unpaired) electrons. The molecule has 4 heterocycles. The molecule has 1 aromatic rings. The van der Waals surface area contributed by atoms with E-state index in [9.17, 15) is 18.0 Å². The summed E-state index contributed by atoms with van der Waals surface area (Å²) in [5, 5.41) is 3.36. The number of nitrogens with one attached hydrogen (secondary N) is 1. The van der Waals surface area contributed by atoms with Crippen molar-refractivity contribution < 1.29 is 27.4 Å². The van der Waals surface area contributed by atoms with Crippen LogP contribution in [0.5, 0.6) is 5.75 Å². The Balaban J connectivity index is 1.62. The fourth-order valence-electron chi connectivity index (χ4n) is 5.56. The van der Waals surface area contributed by atoms with E-state index in [-0.39, 0.29) is 23.3 Å². The molecule has 0 aromatic heterocycles. The van der Waals surface area contributed by atoms with Crippen LogP contribution in [0.4, 0.5) is 13.2 Å². The van der Waals surface area contributed by atoms with Crippen molar-refractivity contribution >= 4 is 17.6 Å². The number of amidine groups is 2. The predicted octanol–water partition coefficient (Wildman–Crippen LogP) is 2.90. The lowest BCUT2D eigenvalue weighted by Gasteiger charge is -2.45. The number of nitrogens with zero attached hydrogens (tertiary/aromatic N) is 5. The molecule has 0 saturated carbocycles. The van der Waals surface area contributed by atoms with Gasteiger partial charge in [-0.2, -0.15) is 0 Å². The number of carbonyl (C=O) groups is 1. The number of rotatable bonds is 4. The zero-order valence-electron chi connectivity index (χ0n) is 21.1. The maximum Gasteiger partial charge on any atom is 0.573 e. The van der Waals surface area contributed by atoms with Gasteiger partial charge in [0.1, 0.15) is 28.9 Å². The lowest BCUT2D eigenvalue weighted by atomic mass is 9.98. The first kappa shape index (κ1) is 25.4.